The van der Waals surface area contributed by atoms with Crippen molar-refractivity contribution in [2.75, 3.05) is 7.11 Å². The van der Waals surface area contributed by atoms with Crippen LogP contribution in [0.2, 0.25) is 5.02 Å². The highest BCUT2D eigenvalue weighted by Gasteiger charge is 2.39. The third kappa shape index (κ3) is 2.68. The maximum Gasteiger partial charge on any atom is 0.124 e. The fraction of sp³-hybridized carbons (Fsp3) is 0.571. The van der Waals surface area contributed by atoms with Gasteiger partial charge in [0.15, 0.2) is 0 Å². The molecule has 0 spiro atoms. The highest BCUT2D eigenvalue weighted by molar-refractivity contribution is 6.31. The number of rotatable bonds is 4. The standard InChI is InChI=1S/C14H19ClFNO/c1-18-14(6-2-3-7-14)13(17)8-10-4-5-11(16)9-12(10)15/h4-5,9,13H,2-3,6-8,17H2,1H3. The minimum Gasteiger partial charge on any atom is -0.377 e. The van der Waals surface area contributed by atoms with Crippen LogP contribution in [0.4, 0.5) is 4.39 Å². The van der Waals surface area contributed by atoms with Gasteiger partial charge in [-0.15, -0.1) is 0 Å². The molecule has 0 bridgehead atoms. The molecule has 18 heavy (non-hydrogen) atoms. The molecule has 1 aromatic carbocycles. The largest absolute Gasteiger partial charge is 0.377 e. The minimum absolute atomic E-state index is 0.104. The highest BCUT2D eigenvalue weighted by Crippen LogP contribution is 2.36. The van der Waals surface area contributed by atoms with Gasteiger partial charge in [0.05, 0.1) is 5.60 Å². The topological polar surface area (TPSA) is 35.2 Å². The number of halogens is 2. The van der Waals surface area contributed by atoms with Crippen LogP contribution in [0.15, 0.2) is 18.2 Å². The van der Waals surface area contributed by atoms with Gasteiger partial charge in [-0.2, -0.15) is 0 Å². The van der Waals surface area contributed by atoms with Crippen LogP contribution in [0.5, 0.6) is 0 Å². The smallest absolute Gasteiger partial charge is 0.124 e. The number of ether oxygens (including phenoxy) is 1. The lowest BCUT2D eigenvalue weighted by atomic mass is 9.88. The Morgan fingerprint density at radius 3 is 2.67 bits per heavy atom. The van der Waals surface area contributed by atoms with E-state index in [0.29, 0.717) is 11.4 Å². The van der Waals surface area contributed by atoms with Crippen LogP contribution < -0.4 is 5.73 Å². The van der Waals surface area contributed by atoms with Crippen molar-refractivity contribution in [2.24, 2.45) is 5.73 Å². The van der Waals surface area contributed by atoms with Crippen molar-refractivity contribution in [3.8, 4) is 0 Å². The van der Waals surface area contributed by atoms with Gasteiger partial charge in [0.2, 0.25) is 0 Å². The zero-order valence-electron chi connectivity index (χ0n) is 10.6. The molecular weight excluding hydrogens is 253 g/mol. The second kappa shape index (κ2) is 5.55. The predicted octanol–water partition coefficient (Wildman–Crippen LogP) is 3.31. The molecule has 4 heteroatoms. The number of hydrogen-bond donors (Lipinski definition) is 1. The van der Waals surface area contributed by atoms with Gasteiger partial charge in [0.1, 0.15) is 5.82 Å². The van der Waals surface area contributed by atoms with E-state index < -0.39 is 0 Å². The third-order valence-corrected chi connectivity index (χ3v) is 4.34. The predicted molar refractivity (Wildman–Crippen MR) is 71.3 cm³/mol. The first kappa shape index (κ1) is 13.8. The van der Waals surface area contributed by atoms with Gasteiger partial charge in [-0.05, 0) is 37.0 Å². The number of methoxy groups -OCH3 is 1. The monoisotopic (exact) mass is 271 g/mol. The van der Waals surface area contributed by atoms with Crippen LogP contribution in [-0.4, -0.2) is 18.8 Å². The first-order valence-electron chi connectivity index (χ1n) is 6.32. The van der Waals surface area contributed by atoms with Gasteiger partial charge in [-0.3, -0.25) is 0 Å². The number of nitrogens with two attached hydrogens (primary N) is 1. The fourth-order valence-electron chi connectivity index (χ4n) is 2.81. The van der Waals surface area contributed by atoms with E-state index in [0.717, 1.165) is 31.2 Å². The van der Waals surface area contributed by atoms with Crippen LogP contribution in [0.1, 0.15) is 31.2 Å². The molecule has 1 fully saturated rings. The molecule has 0 amide bonds. The molecule has 100 valence electrons. The van der Waals surface area contributed by atoms with E-state index in [2.05, 4.69) is 0 Å². The lowest BCUT2D eigenvalue weighted by Gasteiger charge is -2.34. The lowest BCUT2D eigenvalue weighted by Crippen LogP contribution is -2.48. The molecule has 1 atom stereocenters. The van der Waals surface area contributed by atoms with Gasteiger partial charge in [0, 0.05) is 18.2 Å². The Morgan fingerprint density at radius 2 is 2.11 bits per heavy atom. The molecule has 1 aromatic rings. The second-order valence-electron chi connectivity index (χ2n) is 5.02. The summed E-state index contributed by atoms with van der Waals surface area (Å²) in [5.74, 6) is -0.320. The molecular formula is C14H19ClFNO. The molecule has 2 rings (SSSR count). The minimum atomic E-state index is -0.320. The van der Waals surface area contributed by atoms with Gasteiger partial charge in [-0.1, -0.05) is 30.5 Å². The van der Waals surface area contributed by atoms with Crippen LogP contribution in [-0.2, 0) is 11.2 Å². The van der Waals surface area contributed by atoms with E-state index >= 15 is 0 Å². The van der Waals surface area contributed by atoms with E-state index in [-0.39, 0.29) is 17.5 Å². The Kier molecular flexibility index (Phi) is 4.25. The van der Waals surface area contributed by atoms with E-state index in [9.17, 15) is 4.39 Å². The van der Waals surface area contributed by atoms with Gasteiger partial charge >= 0.3 is 0 Å². The van der Waals surface area contributed by atoms with Gasteiger partial charge < -0.3 is 10.5 Å². The summed E-state index contributed by atoms with van der Waals surface area (Å²) in [5, 5.41) is 0.440. The van der Waals surface area contributed by atoms with Crippen molar-refractivity contribution in [3.63, 3.8) is 0 Å². The van der Waals surface area contributed by atoms with Crippen molar-refractivity contribution in [1.29, 1.82) is 0 Å². The SMILES string of the molecule is COC1(C(N)Cc2ccc(F)cc2Cl)CCCC1. The fourth-order valence-corrected chi connectivity index (χ4v) is 3.05. The zero-order chi connectivity index (χ0) is 13.2. The highest BCUT2D eigenvalue weighted by atomic mass is 35.5. The molecule has 0 aliphatic heterocycles. The molecule has 1 saturated carbocycles. The molecule has 2 N–H and O–H groups in total. The van der Waals surface area contributed by atoms with Crippen LogP contribution >= 0.6 is 11.6 Å². The Hall–Kier alpha value is -0.640. The van der Waals surface area contributed by atoms with Crippen LogP contribution in [0, 0.1) is 5.82 Å². The first-order chi connectivity index (χ1) is 8.57. The van der Waals surface area contributed by atoms with E-state index in [1.54, 1.807) is 13.2 Å². The Morgan fingerprint density at radius 1 is 1.44 bits per heavy atom. The maximum atomic E-state index is 13.0. The summed E-state index contributed by atoms with van der Waals surface area (Å²) in [6.07, 6.45) is 4.90. The molecule has 0 saturated heterocycles. The number of benzene rings is 1. The molecule has 1 aliphatic rings. The molecule has 0 radical (unpaired) electrons. The lowest BCUT2D eigenvalue weighted by molar-refractivity contribution is -0.0253. The van der Waals surface area contributed by atoms with Crippen LogP contribution in [0.25, 0.3) is 0 Å². The summed E-state index contributed by atoms with van der Waals surface area (Å²) in [6, 6.07) is 4.35. The Labute approximate surface area is 112 Å². The Balaban J connectivity index is 2.12. The van der Waals surface area contributed by atoms with Crippen molar-refractivity contribution in [2.45, 2.75) is 43.7 Å². The molecule has 1 unspecified atom stereocenters. The van der Waals surface area contributed by atoms with E-state index in [1.807, 2.05) is 0 Å². The number of hydrogen-bond acceptors (Lipinski definition) is 2. The van der Waals surface area contributed by atoms with E-state index in [1.165, 1.54) is 12.1 Å². The summed E-state index contributed by atoms with van der Waals surface area (Å²) in [4.78, 5) is 0. The van der Waals surface area contributed by atoms with Crippen LogP contribution in [0.3, 0.4) is 0 Å². The van der Waals surface area contributed by atoms with Crippen molar-refractivity contribution < 1.29 is 9.13 Å². The average Bonchev–Trinajstić information content (AvgIpc) is 2.82. The van der Waals surface area contributed by atoms with Crippen molar-refractivity contribution >= 4 is 11.6 Å². The summed E-state index contributed by atoms with van der Waals surface area (Å²) in [6.45, 7) is 0. The first-order valence-corrected chi connectivity index (χ1v) is 6.70. The van der Waals surface area contributed by atoms with Gasteiger partial charge in [-0.25, -0.2) is 4.39 Å². The Bertz CT molecular complexity index is 418. The molecule has 0 aromatic heterocycles. The van der Waals surface area contributed by atoms with E-state index in [4.69, 9.17) is 22.1 Å². The second-order valence-corrected chi connectivity index (χ2v) is 5.43. The average molecular weight is 272 g/mol. The summed E-state index contributed by atoms with van der Waals surface area (Å²) < 4.78 is 18.6. The van der Waals surface area contributed by atoms with Crippen molar-refractivity contribution in [1.82, 2.24) is 0 Å². The third-order valence-electron chi connectivity index (χ3n) is 3.99. The normalized spacial score (nSPS) is 20.0. The summed E-state index contributed by atoms with van der Waals surface area (Å²) in [7, 11) is 1.72. The zero-order valence-corrected chi connectivity index (χ0v) is 11.3. The quantitative estimate of drug-likeness (QED) is 0.912. The summed E-state index contributed by atoms with van der Waals surface area (Å²) in [5.41, 5.74) is 6.93. The summed E-state index contributed by atoms with van der Waals surface area (Å²) >= 11 is 6.03. The van der Waals surface area contributed by atoms with Crippen molar-refractivity contribution in [3.05, 3.63) is 34.6 Å². The molecule has 1 aliphatic carbocycles. The maximum absolute atomic E-state index is 13.0. The van der Waals surface area contributed by atoms with Gasteiger partial charge in [0.25, 0.3) is 0 Å². The molecule has 2 nitrogen and oxygen atoms in total. The molecule has 0 heterocycles.